The molecule has 2 heterocycles. The molecule has 0 aromatic carbocycles. The highest BCUT2D eigenvalue weighted by atomic mass is 16.4. The van der Waals surface area contributed by atoms with Crippen LogP contribution in [0.25, 0.3) is 11.4 Å². The highest BCUT2D eigenvalue weighted by Crippen LogP contribution is 2.13. The second-order valence-electron chi connectivity index (χ2n) is 3.33. The number of pyridine rings is 1. The Balaban J connectivity index is 2.31. The molecule has 0 aliphatic rings. The minimum atomic E-state index is -1.16. The third-order valence-electron chi connectivity index (χ3n) is 2.14. The lowest BCUT2D eigenvalue weighted by molar-refractivity contribution is 0.0682. The first-order valence-electron chi connectivity index (χ1n) is 4.83. The van der Waals surface area contributed by atoms with Crippen LogP contribution >= 0.6 is 0 Å². The molecule has 7 nitrogen and oxygen atoms in total. The molecule has 2 N–H and O–H groups in total. The van der Waals surface area contributed by atoms with Gasteiger partial charge in [-0.3, -0.25) is 9.97 Å². The van der Waals surface area contributed by atoms with Crippen molar-refractivity contribution in [3.63, 3.8) is 0 Å². The van der Waals surface area contributed by atoms with Crippen LogP contribution < -0.4 is 0 Å². The highest BCUT2D eigenvalue weighted by Gasteiger charge is 2.08. The number of carboxylic acids is 2. The van der Waals surface area contributed by atoms with Gasteiger partial charge >= 0.3 is 11.9 Å². The summed E-state index contributed by atoms with van der Waals surface area (Å²) >= 11 is 0. The molecule has 0 spiro atoms. The Hall–Kier alpha value is -2.83. The van der Waals surface area contributed by atoms with Gasteiger partial charge in [-0.2, -0.15) is 0 Å². The molecule has 0 saturated carbocycles. The van der Waals surface area contributed by atoms with E-state index in [0.717, 1.165) is 6.20 Å². The molecule has 2 aromatic rings. The Morgan fingerprint density at radius 3 is 2.00 bits per heavy atom. The van der Waals surface area contributed by atoms with Gasteiger partial charge in [0.25, 0.3) is 0 Å². The Bertz CT molecular complexity index is 537. The van der Waals surface area contributed by atoms with Crippen molar-refractivity contribution in [1.29, 1.82) is 0 Å². The van der Waals surface area contributed by atoms with Crippen molar-refractivity contribution < 1.29 is 19.8 Å². The lowest BCUT2D eigenvalue weighted by Crippen LogP contribution is -2.02. The molecular weight excluding hydrogens is 238 g/mol. The second kappa shape index (κ2) is 4.58. The van der Waals surface area contributed by atoms with E-state index < -0.39 is 11.9 Å². The third-order valence-corrected chi connectivity index (χ3v) is 2.14. The summed E-state index contributed by atoms with van der Waals surface area (Å²) in [5.41, 5.74) is 0.691. The van der Waals surface area contributed by atoms with Crippen molar-refractivity contribution in [2.24, 2.45) is 0 Å². The van der Waals surface area contributed by atoms with Crippen molar-refractivity contribution >= 4 is 11.9 Å². The molecule has 0 atom stereocenters. The minimum absolute atomic E-state index is 0.0638. The summed E-state index contributed by atoms with van der Waals surface area (Å²) in [7, 11) is 0. The number of nitrogens with zero attached hydrogens (tertiary/aromatic N) is 3. The molecule has 18 heavy (non-hydrogen) atoms. The fourth-order valence-electron chi connectivity index (χ4n) is 1.24. The average Bonchev–Trinajstić information content (AvgIpc) is 2.39. The van der Waals surface area contributed by atoms with Gasteiger partial charge in [0.15, 0.2) is 5.69 Å². The minimum Gasteiger partial charge on any atom is -0.478 e. The maximum atomic E-state index is 10.6. The summed E-state index contributed by atoms with van der Waals surface area (Å²) < 4.78 is 0. The highest BCUT2D eigenvalue weighted by molar-refractivity contribution is 5.87. The average molecular weight is 245 g/mol. The van der Waals surface area contributed by atoms with Crippen molar-refractivity contribution in [1.82, 2.24) is 15.0 Å². The van der Waals surface area contributed by atoms with Crippen LogP contribution in [0.4, 0.5) is 0 Å². The molecule has 0 aliphatic carbocycles. The van der Waals surface area contributed by atoms with Crippen LogP contribution in [0.15, 0.2) is 30.7 Å². The Labute approximate surface area is 101 Å². The van der Waals surface area contributed by atoms with E-state index in [0.29, 0.717) is 11.4 Å². The quantitative estimate of drug-likeness (QED) is 0.826. The Morgan fingerprint density at radius 2 is 1.56 bits per heavy atom. The number of carbonyl (C=O) groups is 2. The van der Waals surface area contributed by atoms with Gasteiger partial charge in [-0.05, 0) is 12.1 Å². The largest absolute Gasteiger partial charge is 0.478 e. The molecule has 90 valence electrons. The molecule has 0 aliphatic heterocycles. The zero-order valence-electron chi connectivity index (χ0n) is 8.94. The van der Waals surface area contributed by atoms with E-state index in [1.165, 1.54) is 24.5 Å². The van der Waals surface area contributed by atoms with E-state index in [2.05, 4.69) is 15.0 Å². The predicted octanol–water partition coefficient (Wildman–Crippen LogP) is 0.935. The Morgan fingerprint density at radius 1 is 0.833 bits per heavy atom. The first-order valence-corrected chi connectivity index (χ1v) is 4.83. The fourth-order valence-corrected chi connectivity index (χ4v) is 1.24. The summed E-state index contributed by atoms with van der Waals surface area (Å²) in [6.07, 6.45) is 3.58. The number of carboxylic acid groups (broad SMARTS) is 2. The van der Waals surface area contributed by atoms with Crippen molar-refractivity contribution in [3.05, 3.63) is 42.0 Å². The number of hydrogen-bond donors (Lipinski definition) is 2. The van der Waals surface area contributed by atoms with Crippen LogP contribution in [0.5, 0.6) is 0 Å². The van der Waals surface area contributed by atoms with E-state index in [9.17, 15) is 9.59 Å². The molecule has 0 bridgehead atoms. The van der Waals surface area contributed by atoms with Crippen LogP contribution in [0, 0.1) is 0 Å². The summed E-state index contributed by atoms with van der Waals surface area (Å²) in [5.74, 6) is -2.23. The first-order chi connectivity index (χ1) is 8.58. The van der Waals surface area contributed by atoms with Gasteiger partial charge in [0.05, 0.1) is 23.7 Å². The van der Waals surface area contributed by atoms with Crippen molar-refractivity contribution in [3.8, 4) is 11.4 Å². The van der Waals surface area contributed by atoms with Crippen LogP contribution in [0.1, 0.15) is 20.8 Å². The number of hydrogen-bond acceptors (Lipinski definition) is 5. The standard InChI is InChI=1S/C11H7N3O4/c15-10(16)6-1-2-7(12-3-6)8-4-14-9(5-13-8)11(17)18/h1-5H,(H,15,16)(H,17,18). The lowest BCUT2D eigenvalue weighted by Gasteiger charge is -2.00. The number of rotatable bonds is 3. The molecule has 2 aromatic heterocycles. The zero-order chi connectivity index (χ0) is 13.1. The smallest absolute Gasteiger partial charge is 0.356 e. The van der Waals surface area contributed by atoms with Crippen LogP contribution in [-0.2, 0) is 0 Å². The van der Waals surface area contributed by atoms with Crippen LogP contribution in [0.2, 0.25) is 0 Å². The lowest BCUT2D eigenvalue weighted by atomic mass is 10.2. The molecule has 0 radical (unpaired) electrons. The summed E-state index contributed by atoms with van der Waals surface area (Å²) in [6.45, 7) is 0. The SMILES string of the molecule is O=C(O)c1ccc(-c2cnc(C(=O)O)cn2)nc1. The maximum absolute atomic E-state index is 10.6. The van der Waals surface area contributed by atoms with Gasteiger partial charge in [0.2, 0.25) is 0 Å². The summed E-state index contributed by atoms with van der Waals surface area (Å²) in [4.78, 5) is 32.7. The number of aromatic nitrogens is 3. The van der Waals surface area contributed by atoms with E-state index in [4.69, 9.17) is 10.2 Å². The van der Waals surface area contributed by atoms with Gasteiger partial charge in [-0.25, -0.2) is 14.6 Å². The van der Waals surface area contributed by atoms with Crippen molar-refractivity contribution in [2.75, 3.05) is 0 Å². The van der Waals surface area contributed by atoms with Gasteiger partial charge in [0.1, 0.15) is 5.69 Å². The van der Waals surface area contributed by atoms with Gasteiger partial charge < -0.3 is 10.2 Å². The molecular formula is C11H7N3O4. The van der Waals surface area contributed by atoms with Gasteiger partial charge in [0, 0.05) is 6.20 Å². The second-order valence-corrected chi connectivity index (χ2v) is 3.33. The zero-order valence-corrected chi connectivity index (χ0v) is 8.94. The van der Waals surface area contributed by atoms with E-state index in [-0.39, 0.29) is 11.3 Å². The Kier molecular flexibility index (Phi) is 2.96. The molecule has 0 unspecified atom stereocenters. The van der Waals surface area contributed by atoms with E-state index >= 15 is 0 Å². The molecule has 0 fully saturated rings. The molecule has 0 saturated heterocycles. The summed E-state index contributed by atoms with van der Waals surface area (Å²) in [5, 5.41) is 17.4. The van der Waals surface area contributed by atoms with Crippen LogP contribution in [0.3, 0.4) is 0 Å². The topological polar surface area (TPSA) is 113 Å². The fraction of sp³-hybridized carbons (Fsp3) is 0. The number of aromatic carboxylic acids is 2. The monoisotopic (exact) mass is 245 g/mol. The molecule has 0 amide bonds. The van der Waals surface area contributed by atoms with E-state index in [1.807, 2.05) is 0 Å². The van der Waals surface area contributed by atoms with Crippen LogP contribution in [-0.4, -0.2) is 37.1 Å². The summed E-state index contributed by atoms with van der Waals surface area (Å²) in [6, 6.07) is 2.87. The van der Waals surface area contributed by atoms with Gasteiger partial charge in [-0.1, -0.05) is 0 Å². The third kappa shape index (κ3) is 2.29. The van der Waals surface area contributed by atoms with Gasteiger partial charge in [-0.15, -0.1) is 0 Å². The normalized spacial score (nSPS) is 10.0. The maximum Gasteiger partial charge on any atom is 0.356 e. The van der Waals surface area contributed by atoms with Crippen molar-refractivity contribution in [2.45, 2.75) is 0 Å². The predicted molar refractivity (Wildman–Crippen MR) is 59.2 cm³/mol. The molecule has 7 heteroatoms. The van der Waals surface area contributed by atoms with E-state index in [1.54, 1.807) is 0 Å². The molecule has 2 rings (SSSR count). The first kappa shape index (κ1) is 11.6.